The Labute approximate surface area is 134 Å². The van der Waals surface area contributed by atoms with Crippen LogP contribution in [0.1, 0.15) is 52.6 Å². The van der Waals surface area contributed by atoms with E-state index in [1.54, 1.807) is 0 Å². The standard InChI is InChI=1S/C18H30N2O2/c1-13(2)16(21)11-17(22)19-12-18(4,5)20-14(3)15-9-7-6-8-10-15/h6-10,13-14,16,20-21H,11-12H2,1-5H3,(H,19,22). The van der Waals surface area contributed by atoms with Gasteiger partial charge in [-0.3, -0.25) is 4.79 Å². The Balaban J connectivity index is 2.45. The molecule has 0 aliphatic carbocycles. The molecule has 4 heteroatoms. The molecule has 0 aliphatic rings. The lowest BCUT2D eigenvalue weighted by atomic mass is 10.00. The summed E-state index contributed by atoms with van der Waals surface area (Å²) in [6, 6.07) is 10.4. The van der Waals surface area contributed by atoms with E-state index >= 15 is 0 Å². The first kappa shape index (κ1) is 18.7. The van der Waals surface area contributed by atoms with Gasteiger partial charge in [0, 0.05) is 18.1 Å². The average molecular weight is 306 g/mol. The van der Waals surface area contributed by atoms with E-state index in [0.717, 1.165) is 0 Å². The zero-order valence-corrected chi connectivity index (χ0v) is 14.4. The van der Waals surface area contributed by atoms with Crippen molar-refractivity contribution < 1.29 is 9.90 Å². The number of aliphatic hydroxyl groups is 1. The minimum Gasteiger partial charge on any atom is -0.392 e. The van der Waals surface area contributed by atoms with Gasteiger partial charge >= 0.3 is 0 Å². The quantitative estimate of drug-likeness (QED) is 0.692. The molecule has 124 valence electrons. The summed E-state index contributed by atoms with van der Waals surface area (Å²) in [5.41, 5.74) is 0.991. The topological polar surface area (TPSA) is 61.4 Å². The predicted molar refractivity (Wildman–Crippen MR) is 90.5 cm³/mol. The van der Waals surface area contributed by atoms with E-state index in [4.69, 9.17) is 0 Å². The van der Waals surface area contributed by atoms with Crippen LogP contribution in [0.5, 0.6) is 0 Å². The molecule has 1 rings (SSSR count). The maximum atomic E-state index is 11.9. The molecule has 0 fully saturated rings. The van der Waals surface area contributed by atoms with E-state index < -0.39 is 6.10 Å². The molecular formula is C18H30N2O2. The van der Waals surface area contributed by atoms with Gasteiger partial charge in [0.2, 0.25) is 5.91 Å². The molecule has 2 atom stereocenters. The van der Waals surface area contributed by atoms with E-state index in [-0.39, 0.29) is 29.8 Å². The van der Waals surface area contributed by atoms with Gasteiger partial charge in [-0.25, -0.2) is 0 Å². The monoisotopic (exact) mass is 306 g/mol. The first-order valence-electron chi connectivity index (χ1n) is 7.98. The van der Waals surface area contributed by atoms with Crippen molar-refractivity contribution in [2.75, 3.05) is 6.54 Å². The molecule has 1 aromatic rings. The lowest BCUT2D eigenvalue weighted by Crippen LogP contribution is -2.50. The fraction of sp³-hybridized carbons (Fsp3) is 0.611. The normalized spacial score (nSPS) is 14.7. The van der Waals surface area contributed by atoms with Crippen LogP contribution in [0.2, 0.25) is 0 Å². The predicted octanol–water partition coefficient (Wildman–Crippen LogP) is 2.64. The lowest BCUT2D eigenvalue weighted by Gasteiger charge is -2.31. The molecule has 0 aromatic heterocycles. The molecular weight excluding hydrogens is 276 g/mol. The number of carbonyl (C=O) groups is 1. The van der Waals surface area contributed by atoms with Gasteiger partial charge in [-0.15, -0.1) is 0 Å². The SMILES string of the molecule is CC(NC(C)(C)CNC(=O)CC(O)C(C)C)c1ccccc1. The third-order valence-corrected chi connectivity index (χ3v) is 3.80. The Kier molecular flexibility index (Phi) is 7.04. The van der Waals surface area contributed by atoms with E-state index in [1.807, 2.05) is 32.0 Å². The number of hydrogen-bond acceptors (Lipinski definition) is 3. The maximum Gasteiger partial charge on any atom is 0.222 e. The summed E-state index contributed by atoms with van der Waals surface area (Å²) in [6.45, 7) is 10.6. The zero-order chi connectivity index (χ0) is 16.8. The highest BCUT2D eigenvalue weighted by Gasteiger charge is 2.22. The van der Waals surface area contributed by atoms with E-state index in [0.29, 0.717) is 6.54 Å². The van der Waals surface area contributed by atoms with Crippen molar-refractivity contribution in [3.8, 4) is 0 Å². The molecule has 0 bridgehead atoms. The first-order valence-corrected chi connectivity index (χ1v) is 7.98. The highest BCUT2D eigenvalue weighted by atomic mass is 16.3. The van der Waals surface area contributed by atoms with Crippen LogP contribution < -0.4 is 10.6 Å². The van der Waals surface area contributed by atoms with Gasteiger partial charge in [0.1, 0.15) is 0 Å². The maximum absolute atomic E-state index is 11.9. The summed E-state index contributed by atoms with van der Waals surface area (Å²) in [6.07, 6.45) is -0.429. The number of amides is 1. The van der Waals surface area contributed by atoms with Crippen LogP contribution >= 0.6 is 0 Å². The average Bonchev–Trinajstić information content (AvgIpc) is 2.45. The van der Waals surface area contributed by atoms with Crippen LogP contribution in [0.3, 0.4) is 0 Å². The Hall–Kier alpha value is -1.39. The summed E-state index contributed by atoms with van der Waals surface area (Å²) in [4.78, 5) is 11.9. The van der Waals surface area contributed by atoms with Gasteiger partial charge in [0.05, 0.1) is 12.5 Å². The largest absolute Gasteiger partial charge is 0.392 e. The highest BCUT2D eigenvalue weighted by Crippen LogP contribution is 2.15. The highest BCUT2D eigenvalue weighted by molar-refractivity contribution is 5.76. The van der Waals surface area contributed by atoms with Crippen LogP contribution in [0.15, 0.2) is 30.3 Å². The van der Waals surface area contributed by atoms with E-state index in [9.17, 15) is 9.90 Å². The second-order valence-electron chi connectivity index (χ2n) is 6.95. The summed E-state index contributed by atoms with van der Waals surface area (Å²) < 4.78 is 0. The van der Waals surface area contributed by atoms with Gasteiger partial charge in [-0.2, -0.15) is 0 Å². The Morgan fingerprint density at radius 2 is 1.77 bits per heavy atom. The van der Waals surface area contributed by atoms with Gasteiger partial charge in [-0.1, -0.05) is 44.2 Å². The van der Waals surface area contributed by atoms with Gasteiger partial charge < -0.3 is 15.7 Å². The molecule has 0 radical (unpaired) electrons. The van der Waals surface area contributed by atoms with E-state index in [1.165, 1.54) is 5.56 Å². The molecule has 1 aromatic carbocycles. The number of aliphatic hydroxyl groups excluding tert-OH is 1. The molecule has 3 N–H and O–H groups in total. The molecule has 4 nitrogen and oxygen atoms in total. The summed E-state index contributed by atoms with van der Waals surface area (Å²) in [7, 11) is 0. The fourth-order valence-electron chi connectivity index (χ4n) is 2.28. The van der Waals surface area contributed by atoms with Gasteiger partial charge in [0.25, 0.3) is 0 Å². The third-order valence-electron chi connectivity index (χ3n) is 3.80. The van der Waals surface area contributed by atoms with Crippen LogP contribution in [0.25, 0.3) is 0 Å². The fourth-order valence-corrected chi connectivity index (χ4v) is 2.28. The van der Waals surface area contributed by atoms with Gasteiger partial charge in [-0.05, 0) is 32.3 Å². The molecule has 0 heterocycles. The molecule has 0 saturated carbocycles. The molecule has 2 unspecified atom stereocenters. The van der Waals surface area contributed by atoms with Gasteiger partial charge in [0.15, 0.2) is 0 Å². The first-order chi connectivity index (χ1) is 10.2. The van der Waals surface area contributed by atoms with Crippen LogP contribution in [0, 0.1) is 5.92 Å². The minimum atomic E-state index is -0.584. The van der Waals surface area contributed by atoms with E-state index in [2.05, 4.69) is 43.5 Å². The summed E-state index contributed by atoms with van der Waals surface area (Å²) in [5, 5.41) is 16.2. The zero-order valence-electron chi connectivity index (χ0n) is 14.4. The number of nitrogens with one attached hydrogen (secondary N) is 2. The number of carbonyl (C=O) groups excluding carboxylic acids is 1. The molecule has 22 heavy (non-hydrogen) atoms. The van der Waals surface area contributed by atoms with Crippen molar-refractivity contribution >= 4 is 5.91 Å². The van der Waals surface area contributed by atoms with Crippen molar-refractivity contribution in [3.05, 3.63) is 35.9 Å². The lowest BCUT2D eigenvalue weighted by molar-refractivity contribution is -0.123. The van der Waals surface area contributed by atoms with Crippen molar-refractivity contribution in [1.29, 1.82) is 0 Å². The van der Waals surface area contributed by atoms with Crippen molar-refractivity contribution in [2.24, 2.45) is 5.92 Å². The molecule has 1 amide bonds. The van der Waals surface area contributed by atoms with Crippen LogP contribution in [-0.4, -0.2) is 29.2 Å². The van der Waals surface area contributed by atoms with Crippen molar-refractivity contribution in [2.45, 2.75) is 58.7 Å². The smallest absolute Gasteiger partial charge is 0.222 e. The van der Waals surface area contributed by atoms with Crippen molar-refractivity contribution in [3.63, 3.8) is 0 Å². The Morgan fingerprint density at radius 3 is 2.32 bits per heavy atom. The number of hydrogen-bond donors (Lipinski definition) is 3. The van der Waals surface area contributed by atoms with Crippen molar-refractivity contribution in [1.82, 2.24) is 10.6 Å². The minimum absolute atomic E-state index is 0.0926. The third kappa shape index (κ3) is 6.58. The summed E-state index contributed by atoms with van der Waals surface area (Å²) >= 11 is 0. The molecule has 0 aliphatic heterocycles. The molecule has 0 saturated heterocycles. The van der Waals surface area contributed by atoms with Crippen LogP contribution in [-0.2, 0) is 4.79 Å². The second-order valence-corrected chi connectivity index (χ2v) is 6.95. The molecule has 0 spiro atoms. The van der Waals surface area contributed by atoms with Crippen LogP contribution in [0.4, 0.5) is 0 Å². The Bertz CT molecular complexity index is 457. The number of benzene rings is 1. The summed E-state index contributed by atoms with van der Waals surface area (Å²) in [5.74, 6) is -0.0153. The second kappa shape index (κ2) is 8.30. The Morgan fingerprint density at radius 1 is 1.18 bits per heavy atom. The number of rotatable bonds is 8.